The molecule has 1 aliphatic rings. The monoisotopic (exact) mass is 263 g/mol. The van der Waals surface area contributed by atoms with E-state index in [1.54, 1.807) is 17.2 Å². The third-order valence-electron chi connectivity index (χ3n) is 3.31. The molecule has 0 aromatic carbocycles. The van der Waals surface area contributed by atoms with Crippen LogP contribution >= 0.6 is 0 Å². The van der Waals surface area contributed by atoms with Crippen LogP contribution in [-0.2, 0) is 0 Å². The molecule has 1 fully saturated rings. The number of aromatic nitrogens is 1. The molecule has 0 atom stereocenters. The van der Waals surface area contributed by atoms with Crippen LogP contribution < -0.4 is 5.32 Å². The molecule has 2 heterocycles. The number of nitrogens with one attached hydrogen (secondary N) is 1. The molecule has 0 spiro atoms. The van der Waals surface area contributed by atoms with E-state index in [0.29, 0.717) is 31.6 Å². The molecule has 1 aliphatic heterocycles. The Morgan fingerprint density at radius 3 is 2.95 bits per heavy atom. The zero-order valence-corrected chi connectivity index (χ0v) is 11.3. The van der Waals surface area contributed by atoms with Crippen molar-refractivity contribution in [2.45, 2.75) is 32.3 Å². The number of pyridine rings is 1. The van der Waals surface area contributed by atoms with E-state index >= 15 is 0 Å². The summed E-state index contributed by atoms with van der Waals surface area (Å²) in [5.41, 5.74) is 1.40. The van der Waals surface area contributed by atoms with Crippen molar-refractivity contribution in [3.8, 4) is 0 Å². The number of amides is 1. The van der Waals surface area contributed by atoms with Gasteiger partial charge in [0.15, 0.2) is 0 Å². The number of anilines is 1. The number of carbonyl (C=O) groups excluding carboxylic acids is 1. The summed E-state index contributed by atoms with van der Waals surface area (Å²) in [6.45, 7) is 4.19. The summed E-state index contributed by atoms with van der Waals surface area (Å²) < 4.78 is 0. The largest absolute Gasteiger partial charge is 0.393 e. The standard InChI is InChI=1S/C14H21N3O2/c1-2-6-15-11-3-7-16-13(10-11)14(19)17-8-4-12(18)5-9-17/h3,7,10,12,18H,2,4-6,8-9H2,1H3,(H,15,16). The summed E-state index contributed by atoms with van der Waals surface area (Å²) in [5.74, 6) is -0.0490. The second kappa shape index (κ2) is 6.52. The molecule has 1 saturated heterocycles. The molecule has 0 saturated carbocycles. The molecule has 19 heavy (non-hydrogen) atoms. The quantitative estimate of drug-likeness (QED) is 0.864. The predicted octanol–water partition coefficient (Wildman–Crippen LogP) is 1.50. The van der Waals surface area contributed by atoms with Crippen LogP contribution in [0.1, 0.15) is 36.7 Å². The highest BCUT2D eigenvalue weighted by Gasteiger charge is 2.23. The highest BCUT2D eigenvalue weighted by molar-refractivity contribution is 5.93. The molecule has 104 valence electrons. The number of likely N-dealkylation sites (tertiary alicyclic amines) is 1. The van der Waals surface area contributed by atoms with Gasteiger partial charge in [0.25, 0.3) is 5.91 Å². The van der Waals surface area contributed by atoms with Crippen LogP contribution in [0, 0.1) is 0 Å². The van der Waals surface area contributed by atoms with Crippen molar-refractivity contribution in [2.75, 3.05) is 25.0 Å². The first-order valence-corrected chi connectivity index (χ1v) is 6.88. The maximum atomic E-state index is 12.3. The van der Waals surface area contributed by atoms with Gasteiger partial charge in [-0.1, -0.05) is 6.92 Å². The first kappa shape index (κ1) is 13.8. The predicted molar refractivity (Wildman–Crippen MR) is 74.2 cm³/mol. The number of rotatable bonds is 4. The molecule has 1 amide bonds. The minimum Gasteiger partial charge on any atom is -0.393 e. The van der Waals surface area contributed by atoms with Gasteiger partial charge in [0.05, 0.1) is 6.10 Å². The lowest BCUT2D eigenvalue weighted by atomic mass is 10.1. The molecule has 0 bridgehead atoms. The van der Waals surface area contributed by atoms with Crippen molar-refractivity contribution in [1.82, 2.24) is 9.88 Å². The molecule has 2 N–H and O–H groups in total. The average molecular weight is 263 g/mol. The fourth-order valence-corrected chi connectivity index (χ4v) is 2.16. The third-order valence-corrected chi connectivity index (χ3v) is 3.31. The number of nitrogens with zero attached hydrogens (tertiary/aromatic N) is 2. The van der Waals surface area contributed by atoms with Crippen molar-refractivity contribution in [2.24, 2.45) is 0 Å². The number of hydrogen-bond donors (Lipinski definition) is 2. The number of aliphatic hydroxyl groups excluding tert-OH is 1. The van der Waals surface area contributed by atoms with Crippen molar-refractivity contribution in [3.05, 3.63) is 24.0 Å². The number of carbonyl (C=O) groups is 1. The molecule has 0 radical (unpaired) electrons. The molecule has 1 aromatic heterocycles. The van der Waals surface area contributed by atoms with E-state index in [9.17, 15) is 9.90 Å². The van der Waals surface area contributed by atoms with Crippen molar-refractivity contribution in [3.63, 3.8) is 0 Å². The molecule has 0 aliphatic carbocycles. The Morgan fingerprint density at radius 1 is 1.53 bits per heavy atom. The molecular weight excluding hydrogens is 242 g/mol. The highest BCUT2D eigenvalue weighted by atomic mass is 16.3. The van der Waals surface area contributed by atoms with Gasteiger partial charge in [-0.3, -0.25) is 9.78 Å². The maximum Gasteiger partial charge on any atom is 0.272 e. The summed E-state index contributed by atoms with van der Waals surface area (Å²) in [6.07, 6.45) is 3.73. The Balaban J connectivity index is 2.02. The van der Waals surface area contributed by atoms with Crippen LogP contribution in [0.15, 0.2) is 18.3 Å². The van der Waals surface area contributed by atoms with Crippen LogP contribution in [0.2, 0.25) is 0 Å². The van der Waals surface area contributed by atoms with Gasteiger partial charge in [-0.2, -0.15) is 0 Å². The minimum absolute atomic E-state index is 0.0490. The van der Waals surface area contributed by atoms with Gasteiger partial charge in [-0.15, -0.1) is 0 Å². The number of hydrogen-bond acceptors (Lipinski definition) is 4. The zero-order valence-electron chi connectivity index (χ0n) is 11.3. The topological polar surface area (TPSA) is 65.5 Å². The third kappa shape index (κ3) is 3.67. The van der Waals surface area contributed by atoms with Crippen LogP contribution in [0.25, 0.3) is 0 Å². The van der Waals surface area contributed by atoms with Gasteiger partial charge in [0.2, 0.25) is 0 Å². The summed E-state index contributed by atoms with van der Waals surface area (Å²) in [4.78, 5) is 18.2. The SMILES string of the molecule is CCCNc1ccnc(C(=O)N2CCC(O)CC2)c1. The Morgan fingerprint density at radius 2 is 2.26 bits per heavy atom. The van der Waals surface area contributed by atoms with Gasteiger partial charge in [0, 0.05) is 31.5 Å². The molecular formula is C14H21N3O2. The highest BCUT2D eigenvalue weighted by Crippen LogP contribution is 2.15. The minimum atomic E-state index is -0.269. The van der Waals surface area contributed by atoms with Gasteiger partial charge in [0.1, 0.15) is 5.69 Å². The lowest BCUT2D eigenvalue weighted by Gasteiger charge is -2.29. The molecule has 2 rings (SSSR count). The Kier molecular flexibility index (Phi) is 4.74. The van der Waals surface area contributed by atoms with E-state index in [0.717, 1.165) is 18.7 Å². The van der Waals surface area contributed by atoms with Crippen molar-refractivity contribution >= 4 is 11.6 Å². The Bertz CT molecular complexity index is 428. The molecule has 5 heteroatoms. The maximum absolute atomic E-state index is 12.3. The van der Waals surface area contributed by atoms with Crippen LogP contribution in [0.3, 0.4) is 0 Å². The van der Waals surface area contributed by atoms with Crippen LogP contribution in [0.5, 0.6) is 0 Å². The van der Waals surface area contributed by atoms with E-state index in [-0.39, 0.29) is 12.0 Å². The fourth-order valence-electron chi connectivity index (χ4n) is 2.16. The normalized spacial score (nSPS) is 16.4. The van der Waals surface area contributed by atoms with Gasteiger partial charge >= 0.3 is 0 Å². The van der Waals surface area contributed by atoms with E-state index in [4.69, 9.17) is 0 Å². The van der Waals surface area contributed by atoms with Crippen LogP contribution in [0.4, 0.5) is 5.69 Å². The molecule has 1 aromatic rings. The lowest BCUT2D eigenvalue weighted by Crippen LogP contribution is -2.40. The van der Waals surface area contributed by atoms with E-state index in [2.05, 4.69) is 17.2 Å². The van der Waals surface area contributed by atoms with Crippen molar-refractivity contribution < 1.29 is 9.90 Å². The first-order chi connectivity index (χ1) is 9.20. The Hall–Kier alpha value is -1.62. The number of piperidine rings is 1. The summed E-state index contributed by atoms with van der Waals surface area (Å²) in [6, 6.07) is 3.66. The summed E-state index contributed by atoms with van der Waals surface area (Å²) >= 11 is 0. The summed E-state index contributed by atoms with van der Waals surface area (Å²) in [5, 5.41) is 12.7. The smallest absolute Gasteiger partial charge is 0.272 e. The second-order valence-corrected chi connectivity index (χ2v) is 4.88. The average Bonchev–Trinajstić information content (AvgIpc) is 2.45. The van der Waals surface area contributed by atoms with E-state index in [1.165, 1.54) is 0 Å². The van der Waals surface area contributed by atoms with E-state index in [1.807, 2.05) is 6.07 Å². The lowest BCUT2D eigenvalue weighted by molar-refractivity contribution is 0.0541. The van der Waals surface area contributed by atoms with Crippen molar-refractivity contribution in [1.29, 1.82) is 0 Å². The first-order valence-electron chi connectivity index (χ1n) is 6.88. The van der Waals surface area contributed by atoms with Crippen LogP contribution in [-0.4, -0.2) is 46.6 Å². The molecule has 0 unspecified atom stereocenters. The van der Waals surface area contributed by atoms with Gasteiger partial charge in [-0.25, -0.2) is 0 Å². The summed E-state index contributed by atoms with van der Waals surface area (Å²) in [7, 11) is 0. The van der Waals surface area contributed by atoms with Gasteiger partial charge < -0.3 is 15.3 Å². The zero-order chi connectivity index (χ0) is 13.7. The number of aliphatic hydroxyl groups is 1. The molecule has 5 nitrogen and oxygen atoms in total. The fraction of sp³-hybridized carbons (Fsp3) is 0.571. The second-order valence-electron chi connectivity index (χ2n) is 4.88. The Labute approximate surface area is 113 Å². The van der Waals surface area contributed by atoms with Gasteiger partial charge in [-0.05, 0) is 31.4 Å². The van der Waals surface area contributed by atoms with E-state index < -0.39 is 0 Å².